The van der Waals surface area contributed by atoms with Crippen LogP contribution in [0.2, 0.25) is 0 Å². The van der Waals surface area contributed by atoms with Gasteiger partial charge < -0.3 is 10.4 Å². The van der Waals surface area contributed by atoms with Crippen LogP contribution in [0.5, 0.6) is 0 Å². The molecule has 0 aliphatic heterocycles. The Morgan fingerprint density at radius 2 is 2.20 bits per heavy atom. The minimum atomic E-state index is -0.846. The average Bonchev–Trinajstić information content (AvgIpc) is 2.20. The molecular weight excluding hydrogens is 194 g/mol. The van der Waals surface area contributed by atoms with Crippen molar-refractivity contribution in [2.45, 2.75) is 32.6 Å². The van der Waals surface area contributed by atoms with E-state index in [2.05, 4.69) is 11.9 Å². The second-order valence-corrected chi connectivity index (χ2v) is 3.46. The summed E-state index contributed by atoms with van der Waals surface area (Å²) in [5.74, 6) is -1.43. The van der Waals surface area contributed by atoms with Gasteiger partial charge in [-0.25, -0.2) is 0 Å². The van der Waals surface area contributed by atoms with Gasteiger partial charge in [0.15, 0.2) is 0 Å². The fourth-order valence-electron chi connectivity index (χ4n) is 1.22. The second kappa shape index (κ2) is 8.03. The summed E-state index contributed by atoms with van der Waals surface area (Å²) in [5, 5.41) is 11.4. The van der Waals surface area contributed by atoms with Crippen LogP contribution in [0.4, 0.5) is 0 Å². The Bertz CT molecular complexity index is 226. The number of hydrogen-bond acceptors (Lipinski definition) is 2. The summed E-state index contributed by atoms with van der Waals surface area (Å²) in [4.78, 5) is 21.9. The van der Waals surface area contributed by atoms with Crippen molar-refractivity contribution in [3.63, 3.8) is 0 Å². The summed E-state index contributed by atoms with van der Waals surface area (Å²) in [6.45, 7) is 5.66. The summed E-state index contributed by atoms with van der Waals surface area (Å²) >= 11 is 0. The third kappa shape index (κ3) is 6.71. The summed E-state index contributed by atoms with van der Waals surface area (Å²) in [6.07, 6.45) is 4.07. The zero-order valence-corrected chi connectivity index (χ0v) is 9.16. The largest absolute Gasteiger partial charge is 0.481 e. The molecule has 0 radical (unpaired) electrons. The Labute approximate surface area is 90.4 Å². The topological polar surface area (TPSA) is 66.4 Å². The highest BCUT2D eigenvalue weighted by atomic mass is 16.4. The van der Waals surface area contributed by atoms with Crippen LogP contribution < -0.4 is 5.32 Å². The molecular formula is C11H19NO3. The first kappa shape index (κ1) is 13.7. The van der Waals surface area contributed by atoms with Crippen LogP contribution in [0.15, 0.2) is 12.7 Å². The molecule has 0 saturated heterocycles. The van der Waals surface area contributed by atoms with Crippen molar-refractivity contribution < 1.29 is 14.7 Å². The predicted molar refractivity (Wildman–Crippen MR) is 58.5 cm³/mol. The van der Waals surface area contributed by atoms with Crippen LogP contribution in [-0.4, -0.2) is 23.5 Å². The highest BCUT2D eigenvalue weighted by Crippen LogP contribution is 2.05. The fourth-order valence-corrected chi connectivity index (χ4v) is 1.22. The van der Waals surface area contributed by atoms with Crippen molar-refractivity contribution in [3.8, 4) is 0 Å². The van der Waals surface area contributed by atoms with Crippen LogP contribution in [0.1, 0.15) is 32.6 Å². The highest BCUT2D eigenvalue weighted by Gasteiger charge is 2.16. The lowest BCUT2D eigenvalue weighted by Gasteiger charge is -2.11. The molecule has 0 saturated carbocycles. The molecule has 0 fully saturated rings. The molecule has 0 aliphatic rings. The smallest absolute Gasteiger partial charge is 0.308 e. The van der Waals surface area contributed by atoms with Gasteiger partial charge >= 0.3 is 5.97 Å². The third-order valence-corrected chi connectivity index (χ3v) is 2.11. The third-order valence-electron chi connectivity index (χ3n) is 2.11. The van der Waals surface area contributed by atoms with Gasteiger partial charge in [0.2, 0.25) is 5.91 Å². The van der Waals surface area contributed by atoms with E-state index in [1.54, 1.807) is 6.08 Å². The molecule has 0 aromatic heterocycles. The van der Waals surface area contributed by atoms with E-state index in [0.717, 1.165) is 6.42 Å². The first-order chi connectivity index (χ1) is 7.11. The molecule has 86 valence electrons. The van der Waals surface area contributed by atoms with E-state index in [1.165, 1.54) is 0 Å². The molecule has 0 aromatic carbocycles. The van der Waals surface area contributed by atoms with Crippen molar-refractivity contribution in [1.82, 2.24) is 5.32 Å². The van der Waals surface area contributed by atoms with Gasteiger partial charge in [0.05, 0.1) is 5.92 Å². The molecule has 4 heteroatoms. The number of allylic oxidation sites excluding steroid dienone is 1. The lowest BCUT2D eigenvalue weighted by molar-refractivity contribution is -0.141. The van der Waals surface area contributed by atoms with Gasteiger partial charge in [-0.3, -0.25) is 9.59 Å². The second-order valence-electron chi connectivity index (χ2n) is 3.46. The number of nitrogens with one attached hydrogen (secondary N) is 1. The standard InChI is InChI=1S/C11H19NO3/c1-3-5-7-10(13)12-8-9(6-4-2)11(14)15/h3,9H,1,4-8H2,2H3,(H,12,13)(H,14,15). The number of aliphatic carboxylic acids is 1. The number of carbonyl (C=O) groups excluding carboxylic acids is 1. The van der Waals surface area contributed by atoms with Crippen molar-refractivity contribution in [3.05, 3.63) is 12.7 Å². The van der Waals surface area contributed by atoms with Gasteiger partial charge in [0.1, 0.15) is 0 Å². The maximum absolute atomic E-state index is 11.2. The van der Waals surface area contributed by atoms with Gasteiger partial charge in [0.25, 0.3) is 0 Å². The quantitative estimate of drug-likeness (QED) is 0.601. The van der Waals surface area contributed by atoms with Gasteiger partial charge in [0, 0.05) is 13.0 Å². The Morgan fingerprint density at radius 1 is 1.53 bits per heavy atom. The molecule has 0 bridgehead atoms. The number of carboxylic acid groups (broad SMARTS) is 1. The lowest BCUT2D eigenvalue weighted by Crippen LogP contribution is -2.32. The Kier molecular flexibility index (Phi) is 7.32. The van der Waals surface area contributed by atoms with E-state index in [4.69, 9.17) is 5.11 Å². The average molecular weight is 213 g/mol. The number of carboxylic acids is 1. The Morgan fingerprint density at radius 3 is 2.67 bits per heavy atom. The maximum atomic E-state index is 11.2. The van der Waals surface area contributed by atoms with Crippen LogP contribution >= 0.6 is 0 Å². The molecule has 1 amide bonds. The normalized spacial score (nSPS) is 11.8. The monoisotopic (exact) mass is 213 g/mol. The minimum Gasteiger partial charge on any atom is -0.481 e. The molecule has 0 spiro atoms. The molecule has 2 N–H and O–H groups in total. The predicted octanol–water partition coefficient (Wildman–Crippen LogP) is 1.57. The lowest BCUT2D eigenvalue weighted by atomic mass is 10.0. The van der Waals surface area contributed by atoms with Crippen LogP contribution in [0.25, 0.3) is 0 Å². The summed E-state index contributed by atoms with van der Waals surface area (Å²) in [6, 6.07) is 0. The molecule has 0 aliphatic carbocycles. The number of hydrogen-bond donors (Lipinski definition) is 2. The van der Waals surface area contributed by atoms with Crippen molar-refractivity contribution in [2.24, 2.45) is 5.92 Å². The minimum absolute atomic E-state index is 0.114. The molecule has 0 rings (SSSR count). The van der Waals surface area contributed by atoms with Gasteiger partial charge in [-0.05, 0) is 12.8 Å². The highest BCUT2D eigenvalue weighted by molar-refractivity contribution is 5.77. The number of carbonyl (C=O) groups is 2. The number of amides is 1. The van der Waals surface area contributed by atoms with Crippen molar-refractivity contribution in [2.75, 3.05) is 6.54 Å². The fraction of sp³-hybridized carbons (Fsp3) is 0.636. The van der Waals surface area contributed by atoms with Crippen molar-refractivity contribution >= 4 is 11.9 Å². The van der Waals surface area contributed by atoms with E-state index in [0.29, 0.717) is 19.3 Å². The SMILES string of the molecule is C=CCCC(=O)NCC(CCC)C(=O)O. The van der Waals surface area contributed by atoms with Crippen LogP contribution in [-0.2, 0) is 9.59 Å². The molecule has 1 atom stereocenters. The molecule has 15 heavy (non-hydrogen) atoms. The molecule has 4 nitrogen and oxygen atoms in total. The van der Waals surface area contributed by atoms with E-state index >= 15 is 0 Å². The zero-order valence-electron chi connectivity index (χ0n) is 9.16. The van der Waals surface area contributed by atoms with Crippen LogP contribution in [0, 0.1) is 5.92 Å². The summed E-state index contributed by atoms with van der Waals surface area (Å²) < 4.78 is 0. The first-order valence-corrected chi connectivity index (χ1v) is 5.22. The Balaban J connectivity index is 3.82. The summed E-state index contributed by atoms with van der Waals surface area (Å²) in [7, 11) is 0. The summed E-state index contributed by atoms with van der Waals surface area (Å²) in [5.41, 5.74) is 0. The van der Waals surface area contributed by atoms with E-state index in [9.17, 15) is 9.59 Å². The zero-order chi connectivity index (χ0) is 11.7. The number of rotatable bonds is 8. The molecule has 0 aromatic rings. The molecule has 0 heterocycles. The first-order valence-electron chi connectivity index (χ1n) is 5.22. The Hall–Kier alpha value is -1.32. The van der Waals surface area contributed by atoms with Crippen molar-refractivity contribution in [1.29, 1.82) is 0 Å². The molecule has 1 unspecified atom stereocenters. The van der Waals surface area contributed by atoms with E-state index in [1.807, 2.05) is 6.92 Å². The van der Waals surface area contributed by atoms with Gasteiger partial charge in [-0.1, -0.05) is 19.4 Å². The maximum Gasteiger partial charge on any atom is 0.308 e. The van der Waals surface area contributed by atoms with Gasteiger partial charge in [-0.2, -0.15) is 0 Å². The van der Waals surface area contributed by atoms with Gasteiger partial charge in [-0.15, -0.1) is 6.58 Å². The van der Waals surface area contributed by atoms with E-state index < -0.39 is 11.9 Å². The van der Waals surface area contributed by atoms with E-state index in [-0.39, 0.29) is 12.5 Å². The van der Waals surface area contributed by atoms with Crippen LogP contribution in [0.3, 0.4) is 0 Å².